The lowest BCUT2D eigenvalue weighted by Gasteiger charge is -2.18. The van der Waals surface area contributed by atoms with Gasteiger partial charge in [0, 0.05) is 11.1 Å². The summed E-state index contributed by atoms with van der Waals surface area (Å²) in [6.07, 6.45) is 1.84. The van der Waals surface area contributed by atoms with Gasteiger partial charge in [-0.3, -0.25) is 10.4 Å². The van der Waals surface area contributed by atoms with E-state index in [1.165, 1.54) is 5.56 Å². The summed E-state index contributed by atoms with van der Waals surface area (Å²) in [5.74, 6) is 0. The third-order valence-electron chi connectivity index (χ3n) is 4.02. The lowest BCUT2D eigenvalue weighted by molar-refractivity contribution is 0.590. The summed E-state index contributed by atoms with van der Waals surface area (Å²) in [5.41, 5.74) is 8.64. The number of hydrogen-bond acceptors (Lipinski definition) is 3. The monoisotopic (exact) mass is 317 g/mol. The predicted octanol–water partition coefficient (Wildman–Crippen LogP) is 5.29. The molecule has 122 valence electrons. The zero-order chi connectivity index (χ0) is 17.2. The molecule has 24 heavy (non-hydrogen) atoms. The van der Waals surface area contributed by atoms with Gasteiger partial charge in [-0.2, -0.15) is 5.10 Å². The summed E-state index contributed by atoms with van der Waals surface area (Å²) in [6.45, 7) is 8.64. The average Bonchev–Trinajstić information content (AvgIpc) is 2.54. The molecule has 1 aromatic heterocycles. The number of aromatic nitrogens is 1. The summed E-state index contributed by atoms with van der Waals surface area (Å²) in [6, 6.07) is 18.6. The molecule has 0 saturated heterocycles. The van der Waals surface area contributed by atoms with Crippen molar-refractivity contribution >= 4 is 22.8 Å². The fraction of sp³-hybridized carbons (Fsp3) is 0.238. The van der Waals surface area contributed by atoms with Crippen LogP contribution in [0.2, 0.25) is 0 Å². The van der Waals surface area contributed by atoms with Gasteiger partial charge in [0.2, 0.25) is 0 Å². The highest BCUT2D eigenvalue weighted by Crippen LogP contribution is 2.23. The Bertz CT molecular complexity index is 872. The fourth-order valence-electron chi connectivity index (χ4n) is 2.65. The van der Waals surface area contributed by atoms with Crippen LogP contribution in [0.15, 0.2) is 59.7 Å². The molecule has 0 aliphatic heterocycles. The Morgan fingerprint density at radius 1 is 1.00 bits per heavy atom. The van der Waals surface area contributed by atoms with E-state index in [2.05, 4.69) is 66.6 Å². The van der Waals surface area contributed by atoms with Crippen molar-refractivity contribution in [1.29, 1.82) is 0 Å². The van der Waals surface area contributed by atoms with Crippen molar-refractivity contribution in [2.45, 2.75) is 33.1 Å². The predicted molar refractivity (Wildman–Crippen MR) is 103 cm³/mol. The fourth-order valence-corrected chi connectivity index (χ4v) is 2.65. The number of pyridine rings is 1. The van der Waals surface area contributed by atoms with Gasteiger partial charge in [0.25, 0.3) is 0 Å². The molecule has 3 nitrogen and oxygen atoms in total. The topological polar surface area (TPSA) is 37.3 Å². The van der Waals surface area contributed by atoms with Crippen molar-refractivity contribution in [3.63, 3.8) is 0 Å². The lowest BCUT2D eigenvalue weighted by atomic mass is 9.87. The molecule has 3 rings (SSSR count). The maximum Gasteiger partial charge on any atom is 0.0726 e. The Morgan fingerprint density at radius 2 is 1.71 bits per heavy atom. The van der Waals surface area contributed by atoms with Crippen molar-refractivity contribution in [3.05, 3.63) is 71.4 Å². The lowest BCUT2D eigenvalue weighted by Crippen LogP contribution is -2.10. The van der Waals surface area contributed by atoms with Crippen LogP contribution in [0.4, 0.5) is 5.69 Å². The Balaban J connectivity index is 1.80. The van der Waals surface area contributed by atoms with E-state index in [-0.39, 0.29) is 5.41 Å². The molecule has 3 heteroatoms. The van der Waals surface area contributed by atoms with Crippen LogP contribution in [0.5, 0.6) is 0 Å². The minimum atomic E-state index is 0.168. The number of nitrogens with one attached hydrogen (secondary N) is 1. The summed E-state index contributed by atoms with van der Waals surface area (Å²) in [5, 5.41) is 5.46. The molecule has 0 bridgehead atoms. The Kier molecular flexibility index (Phi) is 4.34. The second-order valence-corrected chi connectivity index (χ2v) is 7.07. The second-order valence-electron chi connectivity index (χ2n) is 7.07. The molecule has 3 aromatic rings. The van der Waals surface area contributed by atoms with Crippen LogP contribution >= 0.6 is 0 Å². The zero-order valence-corrected chi connectivity index (χ0v) is 14.7. The van der Waals surface area contributed by atoms with E-state index in [1.807, 2.05) is 37.4 Å². The molecule has 0 atom stereocenters. The molecule has 0 aliphatic carbocycles. The van der Waals surface area contributed by atoms with E-state index in [4.69, 9.17) is 0 Å². The molecule has 1 N–H and O–H groups in total. The van der Waals surface area contributed by atoms with E-state index in [9.17, 15) is 0 Å². The Morgan fingerprint density at radius 3 is 2.42 bits per heavy atom. The highest BCUT2D eigenvalue weighted by Gasteiger charge is 2.12. The first kappa shape index (κ1) is 16.2. The summed E-state index contributed by atoms with van der Waals surface area (Å²) >= 11 is 0. The number of anilines is 1. The van der Waals surface area contributed by atoms with Gasteiger partial charge < -0.3 is 0 Å². The Hall–Kier alpha value is -2.68. The minimum absolute atomic E-state index is 0.168. The smallest absolute Gasteiger partial charge is 0.0726 e. The van der Waals surface area contributed by atoms with Gasteiger partial charge in [-0.15, -0.1) is 0 Å². The van der Waals surface area contributed by atoms with Crippen molar-refractivity contribution in [2.75, 3.05) is 5.43 Å². The Labute approximate surface area is 143 Å². The minimum Gasteiger partial charge on any atom is -0.278 e. The quantitative estimate of drug-likeness (QED) is 0.526. The van der Waals surface area contributed by atoms with Crippen LogP contribution in [0.3, 0.4) is 0 Å². The SMILES string of the molecule is Cc1cc(N/N=C/c2ccc(C(C)(C)C)cc2)c2ccccc2n1. The number of para-hydroxylation sites is 1. The number of hydrazone groups is 1. The molecular weight excluding hydrogens is 294 g/mol. The summed E-state index contributed by atoms with van der Waals surface area (Å²) in [7, 11) is 0. The molecule has 0 saturated carbocycles. The normalized spacial score (nSPS) is 12.0. The van der Waals surface area contributed by atoms with E-state index >= 15 is 0 Å². The molecule has 0 radical (unpaired) electrons. The van der Waals surface area contributed by atoms with Gasteiger partial charge in [0.1, 0.15) is 0 Å². The third kappa shape index (κ3) is 3.62. The van der Waals surface area contributed by atoms with Crippen molar-refractivity contribution in [2.24, 2.45) is 5.10 Å². The first-order chi connectivity index (χ1) is 11.4. The molecule has 0 spiro atoms. The molecule has 0 aliphatic rings. The number of hydrogen-bond donors (Lipinski definition) is 1. The molecular formula is C21H23N3. The van der Waals surface area contributed by atoms with Crippen molar-refractivity contribution < 1.29 is 0 Å². The highest BCUT2D eigenvalue weighted by atomic mass is 15.3. The van der Waals surface area contributed by atoms with Gasteiger partial charge in [-0.25, -0.2) is 0 Å². The van der Waals surface area contributed by atoms with Crippen LogP contribution in [0, 0.1) is 6.92 Å². The average molecular weight is 317 g/mol. The third-order valence-corrected chi connectivity index (χ3v) is 4.02. The van der Waals surface area contributed by atoms with Gasteiger partial charge in [0.15, 0.2) is 0 Å². The summed E-state index contributed by atoms with van der Waals surface area (Å²) in [4.78, 5) is 4.54. The van der Waals surface area contributed by atoms with E-state index in [0.717, 1.165) is 27.8 Å². The largest absolute Gasteiger partial charge is 0.278 e. The number of fused-ring (bicyclic) bond motifs is 1. The van der Waals surface area contributed by atoms with Gasteiger partial charge in [0.05, 0.1) is 17.4 Å². The molecule has 2 aromatic carbocycles. The van der Waals surface area contributed by atoms with Gasteiger partial charge in [-0.1, -0.05) is 63.2 Å². The zero-order valence-electron chi connectivity index (χ0n) is 14.7. The molecule has 1 heterocycles. The maximum atomic E-state index is 4.54. The van der Waals surface area contributed by atoms with E-state index in [1.54, 1.807) is 0 Å². The highest BCUT2D eigenvalue weighted by molar-refractivity contribution is 5.92. The second kappa shape index (κ2) is 6.44. The number of benzene rings is 2. The molecule has 0 amide bonds. The van der Waals surface area contributed by atoms with Gasteiger partial charge in [-0.05, 0) is 35.6 Å². The van der Waals surface area contributed by atoms with Crippen molar-refractivity contribution in [1.82, 2.24) is 4.98 Å². The summed E-state index contributed by atoms with van der Waals surface area (Å²) < 4.78 is 0. The maximum absolute atomic E-state index is 4.54. The van der Waals surface area contributed by atoms with Crippen LogP contribution in [-0.4, -0.2) is 11.2 Å². The first-order valence-electron chi connectivity index (χ1n) is 8.19. The van der Waals surface area contributed by atoms with E-state index < -0.39 is 0 Å². The van der Waals surface area contributed by atoms with Crippen LogP contribution < -0.4 is 5.43 Å². The van der Waals surface area contributed by atoms with Crippen LogP contribution in [-0.2, 0) is 5.41 Å². The van der Waals surface area contributed by atoms with Gasteiger partial charge >= 0.3 is 0 Å². The van der Waals surface area contributed by atoms with Crippen molar-refractivity contribution in [3.8, 4) is 0 Å². The van der Waals surface area contributed by atoms with E-state index in [0.29, 0.717) is 0 Å². The molecule has 0 unspecified atom stereocenters. The first-order valence-corrected chi connectivity index (χ1v) is 8.19. The number of rotatable bonds is 3. The molecule has 0 fully saturated rings. The van der Waals surface area contributed by atoms with Crippen LogP contribution in [0.1, 0.15) is 37.6 Å². The number of nitrogens with zero attached hydrogens (tertiary/aromatic N) is 2. The number of aryl methyl sites for hydroxylation is 1. The standard InChI is InChI=1S/C21H23N3/c1-15-13-20(18-7-5-6-8-19(18)23-15)24-22-14-16-9-11-17(12-10-16)21(2,3)4/h5-14H,1-4H3,(H,23,24)/b22-14+. The van der Waals surface area contributed by atoms with Crippen LogP contribution in [0.25, 0.3) is 10.9 Å².